The summed E-state index contributed by atoms with van der Waals surface area (Å²) in [5.74, 6) is 0. The third-order valence-corrected chi connectivity index (χ3v) is 3.58. The highest BCUT2D eigenvalue weighted by Crippen LogP contribution is 2.28. The first-order chi connectivity index (χ1) is 7.72. The number of aryl methyl sites for hydroxylation is 2. The SMILES string of the molecule is CCc1ccccc1[C@@H](O)c1cc(C)ns1. The van der Waals surface area contributed by atoms with E-state index in [0.717, 1.165) is 22.6 Å². The van der Waals surface area contributed by atoms with Crippen molar-refractivity contribution in [2.45, 2.75) is 26.4 Å². The predicted molar refractivity (Wildman–Crippen MR) is 66.7 cm³/mol. The van der Waals surface area contributed by atoms with E-state index < -0.39 is 6.10 Å². The number of hydrogen-bond donors (Lipinski definition) is 1. The molecule has 0 aliphatic rings. The smallest absolute Gasteiger partial charge is 0.115 e. The Labute approximate surface area is 99.7 Å². The van der Waals surface area contributed by atoms with E-state index in [9.17, 15) is 5.11 Å². The fourth-order valence-electron chi connectivity index (χ4n) is 1.79. The molecule has 0 radical (unpaired) electrons. The molecular formula is C13H15NOS. The van der Waals surface area contributed by atoms with Crippen molar-refractivity contribution in [2.75, 3.05) is 0 Å². The van der Waals surface area contributed by atoms with E-state index in [1.54, 1.807) is 0 Å². The van der Waals surface area contributed by atoms with Gasteiger partial charge in [-0.3, -0.25) is 0 Å². The van der Waals surface area contributed by atoms with Crippen LogP contribution in [-0.4, -0.2) is 9.48 Å². The summed E-state index contributed by atoms with van der Waals surface area (Å²) in [4.78, 5) is 0.915. The molecule has 1 heterocycles. The number of rotatable bonds is 3. The lowest BCUT2D eigenvalue weighted by Gasteiger charge is -2.12. The van der Waals surface area contributed by atoms with Gasteiger partial charge in [-0.25, -0.2) is 0 Å². The fraction of sp³-hybridized carbons (Fsp3) is 0.308. The topological polar surface area (TPSA) is 33.1 Å². The number of nitrogens with zero attached hydrogens (tertiary/aromatic N) is 1. The van der Waals surface area contributed by atoms with E-state index in [0.29, 0.717) is 0 Å². The Morgan fingerprint density at radius 3 is 2.75 bits per heavy atom. The van der Waals surface area contributed by atoms with Crippen LogP contribution in [0.25, 0.3) is 0 Å². The van der Waals surface area contributed by atoms with Gasteiger partial charge in [-0.05, 0) is 42.1 Å². The second-order valence-corrected chi connectivity index (χ2v) is 4.66. The van der Waals surface area contributed by atoms with Gasteiger partial charge in [-0.15, -0.1) is 0 Å². The highest BCUT2D eigenvalue weighted by molar-refractivity contribution is 7.05. The predicted octanol–water partition coefficient (Wildman–Crippen LogP) is 3.10. The summed E-state index contributed by atoms with van der Waals surface area (Å²) < 4.78 is 4.20. The minimum Gasteiger partial charge on any atom is -0.383 e. The van der Waals surface area contributed by atoms with Gasteiger partial charge in [0.25, 0.3) is 0 Å². The standard InChI is InChI=1S/C13H15NOS/c1-3-10-6-4-5-7-11(10)13(15)12-8-9(2)14-16-12/h4-8,13,15H,3H2,1-2H3/t13-/m1/s1. The van der Waals surface area contributed by atoms with Crippen molar-refractivity contribution in [3.05, 3.63) is 52.0 Å². The zero-order valence-electron chi connectivity index (χ0n) is 9.47. The molecule has 1 aromatic carbocycles. The van der Waals surface area contributed by atoms with Crippen molar-refractivity contribution in [3.8, 4) is 0 Å². The number of hydrogen-bond acceptors (Lipinski definition) is 3. The van der Waals surface area contributed by atoms with Crippen molar-refractivity contribution < 1.29 is 5.11 Å². The van der Waals surface area contributed by atoms with Crippen molar-refractivity contribution in [1.29, 1.82) is 0 Å². The molecule has 84 valence electrons. The van der Waals surface area contributed by atoms with Crippen molar-refractivity contribution in [1.82, 2.24) is 4.37 Å². The van der Waals surface area contributed by atoms with Crippen LogP contribution in [-0.2, 0) is 6.42 Å². The lowest BCUT2D eigenvalue weighted by Crippen LogP contribution is -2.01. The lowest BCUT2D eigenvalue weighted by atomic mass is 9.99. The van der Waals surface area contributed by atoms with E-state index in [-0.39, 0.29) is 0 Å². The summed E-state index contributed by atoms with van der Waals surface area (Å²) in [6, 6.07) is 9.96. The van der Waals surface area contributed by atoms with Crippen LogP contribution in [0.3, 0.4) is 0 Å². The van der Waals surface area contributed by atoms with E-state index in [4.69, 9.17) is 0 Å². The number of aromatic nitrogens is 1. The monoisotopic (exact) mass is 233 g/mol. The zero-order valence-corrected chi connectivity index (χ0v) is 10.3. The van der Waals surface area contributed by atoms with Gasteiger partial charge in [0.05, 0.1) is 10.6 Å². The van der Waals surface area contributed by atoms with Gasteiger partial charge in [0, 0.05) is 0 Å². The Hall–Kier alpha value is -1.19. The Morgan fingerprint density at radius 1 is 1.38 bits per heavy atom. The lowest BCUT2D eigenvalue weighted by molar-refractivity contribution is 0.223. The van der Waals surface area contributed by atoms with Crippen LogP contribution in [0.2, 0.25) is 0 Å². The molecule has 1 aromatic heterocycles. The zero-order chi connectivity index (χ0) is 11.5. The van der Waals surface area contributed by atoms with Crippen molar-refractivity contribution in [2.24, 2.45) is 0 Å². The summed E-state index contributed by atoms with van der Waals surface area (Å²) in [7, 11) is 0. The van der Waals surface area contributed by atoms with E-state index >= 15 is 0 Å². The molecule has 3 heteroatoms. The highest BCUT2D eigenvalue weighted by atomic mass is 32.1. The maximum atomic E-state index is 10.3. The summed E-state index contributed by atoms with van der Waals surface area (Å²) in [5, 5.41) is 10.3. The minimum absolute atomic E-state index is 0.539. The normalized spacial score (nSPS) is 12.7. The van der Waals surface area contributed by atoms with E-state index in [1.165, 1.54) is 17.1 Å². The molecule has 0 unspecified atom stereocenters. The average Bonchev–Trinajstić information content (AvgIpc) is 2.75. The molecule has 0 saturated heterocycles. The van der Waals surface area contributed by atoms with Gasteiger partial charge < -0.3 is 5.11 Å². The number of aliphatic hydroxyl groups excluding tert-OH is 1. The molecule has 0 aliphatic carbocycles. The third kappa shape index (κ3) is 2.15. The second-order valence-electron chi connectivity index (χ2n) is 3.83. The quantitative estimate of drug-likeness (QED) is 0.883. The minimum atomic E-state index is -0.539. The average molecular weight is 233 g/mol. The fourth-order valence-corrected chi connectivity index (χ4v) is 2.54. The Balaban J connectivity index is 2.36. The van der Waals surface area contributed by atoms with Gasteiger partial charge in [0.1, 0.15) is 6.10 Å². The van der Waals surface area contributed by atoms with E-state index in [2.05, 4.69) is 17.4 Å². The van der Waals surface area contributed by atoms with Crippen LogP contribution < -0.4 is 0 Å². The summed E-state index contributed by atoms with van der Waals surface area (Å²) in [6.07, 6.45) is 0.396. The molecule has 0 saturated carbocycles. The molecular weight excluding hydrogens is 218 g/mol. The van der Waals surface area contributed by atoms with Crippen molar-refractivity contribution >= 4 is 11.5 Å². The first-order valence-electron chi connectivity index (χ1n) is 5.41. The molecule has 0 amide bonds. The van der Waals surface area contributed by atoms with Gasteiger partial charge in [-0.1, -0.05) is 31.2 Å². The molecule has 0 spiro atoms. The highest BCUT2D eigenvalue weighted by Gasteiger charge is 2.15. The molecule has 2 rings (SSSR count). The van der Waals surface area contributed by atoms with Crippen LogP contribution in [0, 0.1) is 6.92 Å². The molecule has 0 aliphatic heterocycles. The summed E-state index contributed by atoms with van der Waals surface area (Å²) in [6.45, 7) is 4.04. The number of aliphatic hydroxyl groups is 1. The maximum Gasteiger partial charge on any atom is 0.115 e. The largest absolute Gasteiger partial charge is 0.383 e. The Bertz CT molecular complexity index is 478. The Kier molecular flexibility index (Phi) is 3.36. The molecule has 16 heavy (non-hydrogen) atoms. The summed E-state index contributed by atoms with van der Waals surface area (Å²) in [5.41, 5.74) is 3.16. The van der Waals surface area contributed by atoms with Crippen LogP contribution in [0.5, 0.6) is 0 Å². The van der Waals surface area contributed by atoms with Crippen LogP contribution in [0.4, 0.5) is 0 Å². The third-order valence-electron chi connectivity index (χ3n) is 2.65. The van der Waals surface area contributed by atoms with Gasteiger partial charge in [-0.2, -0.15) is 4.37 Å². The van der Waals surface area contributed by atoms with Gasteiger partial charge in [0.15, 0.2) is 0 Å². The molecule has 2 nitrogen and oxygen atoms in total. The van der Waals surface area contributed by atoms with Crippen molar-refractivity contribution in [3.63, 3.8) is 0 Å². The summed E-state index contributed by atoms with van der Waals surface area (Å²) >= 11 is 1.37. The second kappa shape index (κ2) is 4.76. The van der Waals surface area contributed by atoms with Crippen LogP contribution in [0.1, 0.15) is 34.7 Å². The van der Waals surface area contributed by atoms with Gasteiger partial charge >= 0.3 is 0 Å². The molecule has 1 atom stereocenters. The molecule has 0 fully saturated rings. The first kappa shape index (κ1) is 11.3. The van der Waals surface area contributed by atoms with Crippen LogP contribution in [0.15, 0.2) is 30.3 Å². The first-order valence-corrected chi connectivity index (χ1v) is 6.18. The van der Waals surface area contributed by atoms with Gasteiger partial charge in [0.2, 0.25) is 0 Å². The number of benzene rings is 1. The molecule has 0 bridgehead atoms. The molecule has 1 N–H and O–H groups in total. The van der Waals surface area contributed by atoms with Crippen LogP contribution >= 0.6 is 11.5 Å². The Morgan fingerprint density at radius 2 is 2.12 bits per heavy atom. The van der Waals surface area contributed by atoms with E-state index in [1.807, 2.05) is 31.2 Å². The molecule has 2 aromatic rings. The maximum absolute atomic E-state index is 10.3.